The van der Waals surface area contributed by atoms with Crippen molar-refractivity contribution >= 4 is 56.8 Å². The van der Waals surface area contributed by atoms with Crippen LogP contribution in [0.15, 0.2) is 52.5 Å². The Kier molecular flexibility index (Phi) is 6.06. The van der Waals surface area contributed by atoms with Gasteiger partial charge in [-0.1, -0.05) is 23.7 Å². The van der Waals surface area contributed by atoms with E-state index < -0.39 is 17.6 Å². The second-order valence-electron chi connectivity index (χ2n) is 8.03. The summed E-state index contributed by atoms with van der Waals surface area (Å²) in [5.41, 5.74) is 0.844. The number of hydrogen-bond acceptors (Lipinski definition) is 5. The van der Waals surface area contributed by atoms with Crippen LogP contribution >= 0.6 is 23.4 Å². The summed E-state index contributed by atoms with van der Waals surface area (Å²) in [5, 5.41) is 10.6. The van der Waals surface area contributed by atoms with Gasteiger partial charge in [0, 0.05) is 23.5 Å². The minimum Gasteiger partial charge on any atom is -0.353 e. The van der Waals surface area contributed by atoms with Gasteiger partial charge in [-0.05, 0) is 59.1 Å². The second kappa shape index (κ2) is 9.04. The number of fused-ring (bicyclic) bond motifs is 1. The molecule has 0 spiro atoms. The molecule has 0 aliphatic carbocycles. The molecule has 12 heteroatoms. The van der Waals surface area contributed by atoms with Crippen molar-refractivity contribution < 1.29 is 22.8 Å². The number of H-pyrrole nitrogens is 1. The number of rotatable bonds is 3. The first-order chi connectivity index (χ1) is 16.7. The van der Waals surface area contributed by atoms with Gasteiger partial charge in [-0.25, -0.2) is 0 Å². The van der Waals surface area contributed by atoms with E-state index >= 15 is 0 Å². The zero-order valence-electron chi connectivity index (χ0n) is 17.9. The third-order valence-electron chi connectivity index (χ3n) is 5.70. The Bertz CT molecular complexity index is 1420. The lowest BCUT2D eigenvalue weighted by Crippen LogP contribution is -2.49. The van der Waals surface area contributed by atoms with Gasteiger partial charge in [0.25, 0.3) is 5.91 Å². The molecule has 2 aromatic carbocycles. The molecule has 0 atom stereocenters. The zero-order valence-corrected chi connectivity index (χ0v) is 19.5. The summed E-state index contributed by atoms with van der Waals surface area (Å²) in [5.74, 6) is -0.744. The predicted molar refractivity (Wildman–Crippen MR) is 128 cm³/mol. The molecule has 7 nitrogen and oxygen atoms in total. The number of hydrogen-bond donors (Lipinski definition) is 2. The van der Waals surface area contributed by atoms with Crippen molar-refractivity contribution in [2.75, 3.05) is 19.6 Å². The fourth-order valence-electron chi connectivity index (χ4n) is 4.02. The van der Waals surface area contributed by atoms with E-state index in [1.54, 1.807) is 29.3 Å². The molecular formula is C23H17ClF3N5O2S. The molecule has 3 aromatic rings. The SMILES string of the molecule is O=C1CN(C2=NC(=O)C(=C(Cc3ccc(Cl)cc3C(F)(F)F)c3ccc4[nH]ncc4c3)S2)CCN1. The predicted octanol–water partition coefficient (Wildman–Crippen LogP) is 4.25. The molecule has 0 bridgehead atoms. The van der Waals surface area contributed by atoms with Crippen molar-refractivity contribution in [3.05, 3.63) is 69.2 Å². The van der Waals surface area contributed by atoms with E-state index in [2.05, 4.69) is 20.5 Å². The number of aliphatic imine (C=N–C) groups is 1. The number of amidine groups is 1. The fraction of sp³-hybridized carbons (Fsp3) is 0.217. The molecule has 1 saturated heterocycles. The Morgan fingerprint density at radius 2 is 2.00 bits per heavy atom. The quantitative estimate of drug-likeness (QED) is 0.505. The van der Waals surface area contributed by atoms with Crippen LogP contribution in [-0.2, 0) is 22.2 Å². The second-order valence-corrected chi connectivity index (χ2v) is 9.44. The number of halogens is 4. The van der Waals surface area contributed by atoms with Crippen LogP contribution in [0.5, 0.6) is 0 Å². The number of alkyl halides is 3. The average Bonchev–Trinajstić information content (AvgIpc) is 3.43. The maximum absolute atomic E-state index is 13.8. The Morgan fingerprint density at radius 3 is 2.77 bits per heavy atom. The number of allylic oxidation sites excluding steroid dienone is 1. The molecular weight excluding hydrogens is 503 g/mol. The average molecular weight is 520 g/mol. The van der Waals surface area contributed by atoms with E-state index in [0.29, 0.717) is 29.4 Å². The summed E-state index contributed by atoms with van der Waals surface area (Å²) in [6, 6.07) is 8.85. The first-order valence-corrected chi connectivity index (χ1v) is 11.7. The number of amides is 2. The summed E-state index contributed by atoms with van der Waals surface area (Å²) in [4.78, 5) is 30.8. The van der Waals surface area contributed by atoms with E-state index in [1.807, 2.05) is 0 Å². The third kappa shape index (κ3) is 4.78. The molecule has 0 radical (unpaired) electrons. The van der Waals surface area contributed by atoms with Gasteiger partial charge in [0.1, 0.15) is 0 Å². The van der Waals surface area contributed by atoms with E-state index in [0.717, 1.165) is 28.7 Å². The van der Waals surface area contributed by atoms with Gasteiger partial charge in [-0.3, -0.25) is 14.7 Å². The number of nitrogens with zero attached hydrogens (tertiary/aromatic N) is 3. The van der Waals surface area contributed by atoms with Gasteiger partial charge in [-0.15, -0.1) is 0 Å². The Hall–Kier alpha value is -3.31. The van der Waals surface area contributed by atoms with Crippen molar-refractivity contribution in [2.24, 2.45) is 4.99 Å². The maximum atomic E-state index is 13.8. The number of piperazine rings is 1. The van der Waals surface area contributed by atoms with Crippen LogP contribution in [0.3, 0.4) is 0 Å². The van der Waals surface area contributed by atoms with Crippen molar-refractivity contribution in [1.82, 2.24) is 20.4 Å². The molecule has 5 rings (SSSR count). The molecule has 35 heavy (non-hydrogen) atoms. The number of thioether (sulfide) groups is 1. The summed E-state index contributed by atoms with van der Waals surface area (Å²) < 4.78 is 41.5. The highest BCUT2D eigenvalue weighted by Gasteiger charge is 2.35. The molecule has 2 amide bonds. The highest BCUT2D eigenvalue weighted by molar-refractivity contribution is 8.18. The van der Waals surface area contributed by atoms with Crippen LogP contribution in [0.4, 0.5) is 13.2 Å². The summed E-state index contributed by atoms with van der Waals surface area (Å²) in [6.07, 6.45) is -3.20. The molecule has 3 heterocycles. The van der Waals surface area contributed by atoms with E-state index in [4.69, 9.17) is 11.6 Å². The molecule has 2 aliphatic heterocycles. The smallest absolute Gasteiger partial charge is 0.353 e. The topological polar surface area (TPSA) is 90.5 Å². The minimum atomic E-state index is -4.62. The summed E-state index contributed by atoms with van der Waals surface area (Å²) >= 11 is 6.93. The van der Waals surface area contributed by atoms with Crippen LogP contribution in [0.25, 0.3) is 16.5 Å². The lowest BCUT2D eigenvalue weighted by atomic mass is 9.93. The number of aromatic amines is 1. The number of aromatic nitrogens is 2. The molecule has 1 aromatic heterocycles. The Morgan fingerprint density at radius 1 is 1.17 bits per heavy atom. The van der Waals surface area contributed by atoms with Gasteiger partial charge in [-0.2, -0.15) is 23.3 Å². The number of nitrogens with one attached hydrogen (secondary N) is 2. The number of benzene rings is 2. The minimum absolute atomic E-state index is 0.0177. The van der Waals surface area contributed by atoms with Crippen molar-refractivity contribution in [1.29, 1.82) is 0 Å². The van der Waals surface area contributed by atoms with Gasteiger partial charge in [0.15, 0.2) is 5.17 Å². The molecule has 1 fully saturated rings. The number of carbonyl (C=O) groups excluding carboxylic acids is 2. The highest BCUT2D eigenvalue weighted by atomic mass is 35.5. The van der Waals surface area contributed by atoms with Gasteiger partial charge >= 0.3 is 6.18 Å². The maximum Gasteiger partial charge on any atom is 0.416 e. The van der Waals surface area contributed by atoms with Crippen molar-refractivity contribution in [3.8, 4) is 0 Å². The lowest BCUT2D eigenvalue weighted by Gasteiger charge is -2.27. The van der Waals surface area contributed by atoms with Gasteiger partial charge < -0.3 is 10.2 Å². The largest absolute Gasteiger partial charge is 0.416 e. The summed E-state index contributed by atoms with van der Waals surface area (Å²) in [7, 11) is 0. The van der Waals surface area contributed by atoms with Crippen LogP contribution in [-0.4, -0.2) is 51.7 Å². The lowest BCUT2D eigenvalue weighted by molar-refractivity contribution is -0.138. The Labute approximate surface area is 206 Å². The molecule has 0 saturated carbocycles. The van der Waals surface area contributed by atoms with Crippen molar-refractivity contribution in [3.63, 3.8) is 0 Å². The summed E-state index contributed by atoms with van der Waals surface area (Å²) in [6.45, 7) is 0.942. The monoisotopic (exact) mass is 519 g/mol. The van der Waals surface area contributed by atoms with Crippen LogP contribution in [0.1, 0.15) is 16.7 Å². The first kappa shape index (κ1) is 23.4. The normalized spacial score (nSPS) is 18.2. The van der Waals surface area contributed by atoms with E-state index in [1.165, 1.54) is 12.1 Å². The standard InChI is InChI=1S/C23H17ClF3N5O2S/c24-15-3-1-13(17(9-15)23(25,26)27)8-16(12-2-4-18-14(7-12)10-29-31-18)20-21(34)30-22(35-20)32-6-5-28-19(33)11-32/h1-4,7,9-10H,5-6,8,11H2,(H,28,33)(H,29,31). The number of carbonyl (C=O) groups is 2. The molecule has 2 N–H and O–H groups in total. The first-order valence-electron chi connectivity index (χ1n) is 10.5. The van der Waals surface area contributed by atoms with E-state index in [9.17, 15) is 22.8 Å². The van der Waals surface area contributed by atoms with Gasteiger partial charge in [0.2, 0.25) is 5.91 Å². The van der Waals surface area contributed by atoms with Gasteiger partial charge in [0.05, 0.1) is 28.7 Å². The Balaban J connectivity index is 1.60. The molecule has 180 valence electrons. The molecule has 0 unspecified atom stereocenters. The highest BCUT2D eigenvalue weighted by Crippen LogP contribution is 2.40. The molecule has 2 aliphatic rings. The zero-order chi connectivity index (χ0) is 24.7. The van der Waals surface area contributed by atoms with E-state index in [-0.39, 0.29) is 34.4 Å². The van der Waals surface area contributed by atoms with Crippen LogP contribution in [0, 0.1) is 0 Å². The van der Waals surface area contributed by atoms with Crippen LogP contribution in [0.2, 0.25) is 5.02 Å². The van der Waals surface area contributed by atoms with Crippen LogP contribution < -0.4 is 5.32 Å². The van der Waals surface area contributed by atoms with Crippen molar-refractivity contribution in [2.45, 2.75) is 12.6 Å². The fourth-order valence-corrected chi connectivity index (χ4v) is 5.24. The third-order valence-corrected chi connectivity index (χ3v) is 7.09.